The fourth-order valence-electron chi connectivity index (χ4n) is 2.22. The summed E-state index contributed by atoms with van der Waals surface area (Å²) in [6.45, 7) is 2.06. The predicted octanol–water partition coefficient (Wildman–Crippen LogP) is 5.21. The normalized spacial score (nSPS) is 10.7. The maximum atomic E-state index is 12.0. The molecule has 0 unspecified atom stereocenters. The number of carbonyl (C=O) groups excluding carboxylic acids is 1. The predicted molar refractivity (Wildman–Crippen MR) is 105 cm³/mol. The van der Waals surface area contributed by atoms with Gasteiger partial charge in [-0.25, -0.2) is 0 Å². The first kappa shape index (κ1) is 18.5. The number of thioether (sulfide) groups is 1. The molecule has 0 aliphatic rings. The minimum absolute atomic E-state index is 0.103. The maximum Gasteiger partial charge on any atom is 0.322 e. The fourth-order valence-corrected chi connectivity index (χ4v) is 3.20. The quantitative estimate of drug-likeness (QED) is 0.445. The summed E-state index contributed by atoms with van der Waals surface area (Å²) in [5.41, 5.74) is 1.99. The van der Waals surface area contributed by atoms with Crippen LogP contribution in [0.3, 0.4) is 0 Å². The van der Waals surface area contributed by atoms with E-state index in [2.05, 4.69) is 46.7 Å². The van der Waals surface area contributed by atoms with Gasteiger partial charge in [-0.2, -0.15) is 0 Å². The van der Waals surface area contributed by atoms with Crippen molar-refractivity contribution in [3.63, 3.8) is 0 Å². The second kappa shape index (κ2) is 8.87. The highest BCUT2D eigenvalue weighted by atomic mass is 35.5. The molecular formula is C19H18ClN3O2S. The van der Waals surface area contributed by atoms with Crippen LogP contribution < -0.4 is 5.32 Å². The van der Waals surface area contributed by atoms with Gasteiger partial charge in [-0.15, -0.1) is 16.9 Å². The van der Waals surface area contributed by atoms with Crippen LogP contribution in [0.1, 0.15) is 18.4 Å². The number of rotatable bonds is 7. The largest absolute Gasteiger partial charge is 0.403 e. The Labute approximate surface area is 161 Å². The van der Waals surface area contributed by atoms with E-state index < -0.39 is 0 Å². The molecule has 3 aromatic rings. The number of aryl methyl sites for hydroxylation is 1. The van der Waals surface area contributed by atoms with Crippen LogP contribution in [0.25, 0.3) is 11.5 Å². The molecular weight excluding hydrogens is 370 g/mol. The van der Waals surface area contributed by atoms with Crippen LogP contribution in [-0.2, 0) is 4.79 Å². The zero-order chi connectivity index (χ0) is 18.4. The standard InChI is InChI=1S/C19H18ClN3O2S/c1-13-4-10-16(11-5-13)26-12-2-3-17(24)21-19-23-22-18(25-19)14-6-8-15(20)9-7-14/h4-11H,2-3,12H2,1H3,(H,21,23,24). The second-order valence-electron chi connectivity index (χ2n) is 5.73. The first-order valence-electron chi connectivity index (χ1n) is 8.19. The summed E-state index contributed by atoms with van der Waals surface area (Å²) in [4.78, 5) is 13.2. The number of carbonyl (C=O) groups is 1. The van der Waals surface area contributed by atoms with E-state index in [9.17, 15) is 4.79 Å². The molecule has 1 N–H and O–H groups in total. The van der Waals surface area contributed by atoms with E-state index in [-0.39, 0.29) is 11.9 Å². The van der Waals surface area contributed by atoms with Gasteiger partial charge < -0.3 is 4.42 Å². The smallest absolute Gasteiger partial charge is 0.322 e. The van der Waals surface area contributed by atoms with Crippen molar-refractivity contribution in [1.82, 2.24) is 10.2 Å². The van der Waals surface area contributed by atoms with Gasteiger partial charge in [0.15, 0.2) is 0 Å². The van der Waals surface area contributed by atoms with Crippen molar-refractivity contribution >= 4 is 35.3 Å². The van der Waals surface area contributed by atoms with Crippen LogP contribution in [-0.4, -0.2) is 21.9 Å². The van der Waals surface area contributed by atoms with Gasteiger partial charge in [0, 0.05) is 21.9 Å². The van der Waals surface area contributed by atoms with Crippen LogP contribution in [0.5, 0.6) is 0 Å². The first-order valence-corrected chi connectivity index (χ1v) is 9.55. The van der Waals surface area contributed by atoms with Gasteiger partial charge in [0.1, 0.15) is 0 Å². The monoisotopic (exact) mass is 387 g/mol. The lowest BCUT2D eigenvalue weighted by molar-refractivity contribution is -0.116. The number of anilines is 1. The van der Waals surface area contributed by atoms with Gasteiger partial charge in [0.05, 0.1) is 0 Å². The Morgan fingerprint density at radius 2 is 1.85 bits per heavy atom. The minimum Gasteiger partial charge on any atom is -0.403 e. The lowest BCUT2D eigenvalue weighted by atomic mass is 10.2. The average Bonchev–Trinajstić information content (AvgIpc) is 3.09. The number of hydrogen-bond donors (Lipinski definition) is 1. The van der Waals surface area contributed by atoms with Gasteiger partial charge in [-0.3, -0.25) is 10.1 Å². The van der Waals surface area contributed by atoms with E-state index in [0.717, 1.165) is 17.7 Å². The summed E-state index contributed by atoms with van der Waals surface area (Å²) in [7, 11) is 0. The number of aromatic nitrogens is 2. The third-order valence-electron chi connectivity index (χ3n) is 3.60. The molecule has 5 nitrogen and oxygen atoms in total. The van der Waals surface area contributed by atoms with Gasteiger partial charge in [0.2, 0.25) is 11.8 Å². The van der Waals surface area contributed by atoms with Crippen molar-refractivity contribution < 1.29 is 9.21 Å². The Bertz CT molecular complexity index is 863. The van der Waals surface area contributed by atoms with Gasteiger partial charge >= 0.3 is 6.01 Å². The number of halogens is 1. The highest BCUT2D eigenvalue weighted by Gasteiger charge is 2.11. The fraction of sp³-hybridized carbons (Fsp3) is 0.211. The van der Waals surface area contributed by atoms with E-state index >= 15 is 0 Å². The van der Waals surface area contributed by atoms with E-state index in [4.69, 9.17) is 16.0 Å². The van der Waals surface area contributed by atoms with Crippen LogP contribution in [0, 0.1) is 6.92 Å². The third kappa shape index (κ3) is 5.34. The molecule has 134 valence electrons. The summed E-state index contributed by atoms with van der Waals surface area (Å²) >= 11 is 7.59. The summed E-state index contributed by atoms with van der Waals surface area (Å²) in [5.74, 6) is 1.07. The van der Waals surface area contributed by atoms with E-state index in [1.165, 1.54) is 10.5 Å². The first-order chi connectivity index (χ1) is 12.6. The second-order valence-corrected chi connectivity index (χ2v) is 7.34. The molecule has 0 fully saturated rings. The molecule has 1 heterocycles. The molecule has 0 saturated heterocycles. The minimum atomic E-state index is -0.138. The number of nitrogens with one attached hydrogen (secondary N) is 1. The number of nitrogens with zero attached hydrogens (tertiary/aromatic N) is 2. The number of benzene rings is 2. The molecule has 0 saturated carbocycles. The third-order valence-corrected chi connectivity index (χ3v) is 4.95. The Morgan fingerprint density at radius 3 is 2.58 bits per heavy atom. The molecule has 1 aromatic heterocycles. The van der Waals surface area contributed by atoms with Crippen molar-refractivity contribution in [3.05, 3.63) is 59.1 Å². The lowest BCUT2D eigenvalue weighted by Crippen LogP contribution is -2.11. The molecule has 0 bridgehead atoms. The van der Waals surface area contributed by atoms with Crippen molar-refractivity contribution in [2.24, 2.45) is 0 Å². The number of amides is 1. The molecule has 1 amide bonds. The van der Waals surface area contributed by atoms with Crippen molar-refractivity contribution in [3.8, 4) is 11.5 Å². The van der Waals surface area contributed by atoms with Crippen molar-refractivity contribution in [2.45, 2.75) is 24.7 Å². The summed E-state index contributed by atoms with van der Waals surface area (Å²) in [6.07, 6.45) is 1.17. The van der Waals surface area contributed by atoms with E-state index in [1.54, 1.807) is 36.0 Å². The molecule has 0 atom stereocenters. The van der Waals surface area contributed by atoms with Crippen molar-refractivity contribution in [2.75, 3.05) is 11.1 Å². The van der Waals surface area contributed by atoms with Crippen LogP contribution >= 0.6 is 23.4 Å². The zero-order valence-corrected chi connectivity index (χ0v) is 15.8. The van der Waals surface area contributed by atoms with Gasteiger partial charge in [0.25, 0.3) is 0 Å². The number of hydrogen-bond acceptors (Lipinski definition) is 5. The van der Waals surface area contributed by atoms with E-state index in [1.807, 2.05) is 0 Å². The average molecular weight is 388 g/mol. The van der Waals surface area contributed by atoms with Crippen LogP contribution in [0.4, 0.5) is 6.01 Å². The topological polar surface area (TPSA) is 68.0 Å². The van der Waals surface area contributed by atoms with Gasteiger partial charge in [-0.05, 0) is 55.5 Å². The molecule has 0 aliphatic heterocycles. The summed E-state index contributed by atoms with van der Waals surface area (Å²) < 4.78 is 5.46. The van der Waals surface area contributed by atoms with E-state index in [0.29, 0.717) is 17.3 Å². The Balaban J connectivity index is 1.43. The Kier molecular flexibility index (Phi) is 6.30. The zero-order valence-electron chi connectivity index (χ0n) is 14.2. The highest BCUT2D eigenvalue weighted by molar-refractivity contribution is 7.99. The Hall–Kier alpha value is -2.31. The summed E-state index contributed by atoms with van der Waals surface area (Å²) in [6, 6.07) is 15.5. The van der Waals surface area contributed by atoms with Crippen LogP contribution in [0.15, 0.2) is 57.8 Å². The molecule has 0 radical (unpaired) electrons. The maximum absolute atomic E-state index is 12.0. The lowest BCUT2D eigenvalue weighted by Gasteiger charge is -2.02. The highest BCUT2D eigenvalue weighted by Crippen LogP contribution is 2.22. The van der Waals surface area contributed by atoms with Gasteiger partial charge in [-0.1, -0.05) is 34.4 Å². The molecule has 2 aromatic carbocycles. The Morgan fingerprint density at radius 1 is 1.12 bits per heavy atom. The molecule has 3 rings (SSSR count). The molecule has 0 aliphatic carbocycles. The molecule has 7 heteroatoms. The summed E-state index contributed by atoms with van der Waals surface area (Å²) in [5, 5.41) is 11.1. The van der Waals surface area contributed by atoms with Crippen molar-refractivity contribution in [1.29, 1.82) is 0 Å². The SMILES string of the molecule is Cc1ccc(SCCCC(=O)Nc2nnc(-c3ccc(Cl)cc3)o2)cc1. The van der Waals surface area contributed by atoms with Crippen LogP contribution in [0.2, 0.25) is 5.02 Å². The molecule has 0 spiro atoms. The molecule has 26 heavy (non-hydrogen) atoms.